The number of aliphatic imine (C=N–C) groups is 1. The van der Waals surface area contributed by atoms with Crippen molar-refractivity contribution in [1.82, 2.24) is 0 Å². The summed E-state index contributed by atoms with van der Waals surface area (Å²) in [5.41, 5.74) is 2.13. The zero-order chi connectivity index (χ0) is 20.0. The smallest absolute Gasteiger partial charge is 0.265 e. The summed E-state index contributed by atoms with van der Waals surface area (Å²) in [7, 11) is 0. The lowest BCUT2D eigenvalue weighted by molar-refractivity contribution is -0.137. The molecule has 0 unspecified atom stereocenters. The molecule has 2 aromatic carbocycles. The fourth-order valence-electron chi connectivity index (χ4n) is 3.39. The second kappa shape index (κ2) is 8.88. The molecule has 1 atom stereocenters. The van der Waals surface area contributed by atoms with E-state index in [1.165, 1.54) is 24.1 Å². The molecule has 0 fully saturated rings. The van der Waals surface area contributed by atoms with E-state index in [0.717, 1.165) is 43.4 Å². The standard InChI is InChI=1S/C23H21F3N2/c24-23(25,26)20-13-11-19(12-14-20)22(16-27)28-21(18-9-5-2-6-10-18)15-17-7-3-1-4-8-17/h2,5-7,9-14,21H,1,3-4,8,15H2/t21-/m1/s1. The Labute approximate surface area is 163 Å². The first-order valence-corrected chi connectivity index (χ1v) is 9.36. The molecule has 0 bridgehead atoms. The molecule has 28 heavy (non-hydrogen) atoms. The molecule has 1 aliphatic carbocycles. The van der Waals surface area contributed by atoms with E-state index in [0.29, 0.717) is 5.56 Å². The first-order valence-electron chi connectivity index (χ1n) is 9.36. The average Bonchev–Trinajstić information content (AvgIpc) is 2.72. The Bertz CT molecular complexity index is 888. The number of alkyl halides is 3. The van der Waals surface area contributed by atoms with Crippen LogP contribution in [0.25, 0.3) is 0 Å². The molecule has 0 heterocycles. The minimum Gasteiger partial charge on any atom is -0.265 e. The van der Waals surface area contributed by atoms with Crippen LogP contribution in [-0.2, 0) is 6.18 Å². The second-order valence-corrected chi connectivity index (χ2v) is 6.90. The number of hydrogen-bond donors (Lipinski definition) is 0. The number of benzene rings is 2. The monoisotopic (exact) mass is 382 g/mol. The number of halogens is 3. The molecule has 2 aromatic rings. The molecule has 144 valence electrons. The van der Waals surface area contributed by atoms with E-state index >= 15 is 0 Å². The molecule has 0 aromatic heterocycles. The Balaban J connectivity index is 1.92. The van der Waals surface area contributed by atoms with Crippen LogP contribution in [0, 0.1) is 11.3 Å². The van der Waals surface area contributed by atoms with Crippen LogP contribution in [0.2, 0.25) is 0 Å². The summed E-state index contributed by atoms with van der Waals surface area (Å²) in [5, 5.41) is 9.59. The van der Waals surface area contributed by atoms with Gasteiger partial charge in [-0.25, -0.2) is 0 Å². The summed E-state index contributed by atoms with van der Waals surface area (Å²) in [6.45, 7) is 0. The van der Waals surface area contributed by atoms with Crippen LogP contribution in [-0.4, -0.2) is 5.71 Å². The summed E-state index contributed by atoms with van der Waals surface area (Å²) < 4.78 is 38.4. The summed E-state index contributed by atoms with van der Waals surface area (Å²) in [4.78, 5) is 4.65. The highest BCUT2D eigenvalue weighted by atomic mass is 19.4. The molecule has 0 saturated carbocycles. The maximum absolute atomic E-state index is 12.8. The molecule has 3 rings (SSSR count). The Morgan fingerprint density at radius 3 is 2.32 bits per heavy atom. The first-order chi connectivity index (χ1) is 13.5. The van der Waals surface area contributed by atoms with E-state index in [-0.39, 0.29) is 11.8 Å². The quantitative estimate of drug-likeness (QED) is 0.421. The van der Waals surface area contributed by atoms with Gasteiger partial charge in [-0.3, -0.25) is 4.99 Å². The molecule has 0 saturated heterocycles. The van der Waals surface area contributed by atoms with Crippen molar-refractivity contribution in [1.29, 1.82) is 5.26 Å². The SMILES string of the molecule is N#CC(=N[C@H](CC1=CCCCC1)c1ccccc1)c1ccc(C(F)(F)F)cc1. The van der Waals surface area contributed by atoms with Gasteiger partial charge in [0.25, 0.3) is 0 Å². The molecule has 0 amide bonds. The number of rotatable bonds is 5. The molecule has 0 radical (unpaired) electrons. The third-order valence-electron chi connectivity index (χ3n) is 4.90. The average molecular weight is 382 g/mol. The highest BCUT2D eigenvalue weighted by Crippen LogP contribution is 2.32. The Morgan fingerprint density at radius 2 is 1.75 bits per heavy atom. The van der Waals surface area contributed by atoms with Gasteiger partial charge < -0.3 is 0 Å². The minimum absolute atomic E-state index is 0.152. The van der Waals surface area contributed by atoms with Crippen LogP contribution in [0.3, 0.4) is 0 Å². The summed E-state index contributed by atoms with van der Waals surface area (Å²) in [6.07, 6.45) is 3.00. The van der Waals surface area contributed by atoms with E-state index in [2.05, 4.69) is 17.1 Å². The Hall–Kier alpha value is -2.87. The predicted molar refractivity (Wildman–Crippen MR) is 104 cm³/mol. The van der Waals surface area contributed by atoms with Crippen molar-refractivity contribution < 1.29 is 13.2 Å². The lowest BCUT2D eigenvalue weighted by Crippen LogP contribution is -2.08. The number of allylic oxidation sites excluding steroid dienone is 1. The van der Waals surface area contributed by atoms with E-state index in [4.69, 9.17) is 0 Å². The molecular formula is C23H21F3N2. The van der Waals surface area contributed by atoms with Crippen LogP contribution in [0.5, 0.6) is 0 Å². The van der Waals surface area contributed by atoms with E-state index in [1.807, 2.05) is 30.3 Å². The fraction of sp³-hybridized carbons (Fsp3) is 0.304. The molecule has 5 heteroatoms. The fourth-order valence-corrected chi connectivity index (χ4v) is 3.39. The minimum atomic E-state index is -4.40. The molecule has 2 nitrogen and oxygen atoms in total. The highest BCUT2D eigenvalue weighted by molar-refractivity contribution is 6.11. The van der Waals surface area contributed by atoms with E-state index in [1.54, 1.807) is 0 Å². The number of nitrogens with zero attached hydrogens (tertiary/aromatic N) is 2. The lowest BCUT2D eigenvalue weighted by atomic mass is 9.91. The van der Waals surface area contributed by atoms with Gasteiger partial charge in [-0.15, -0.1) is 0 Å². The van der Waals surface area contributed by atoms with Gasteiger partial charge in [-0.05, 0) is 49.8 Å². The summed E-state index contributed by atoms with van der Waals surface area (Å²) in [6, 6.07) is 16.2. The third kappa shape index (κ3) is 5.10. The van der Waals surface area contributed by atoms with Crippen LogP contribution in [0.4, 0.5) is 13.2 Å². The molecular weight excluding hydrogens is 361 g/mol. The van der Waals surface area contributed by atoms with Crippen LogP contribution in [0.15, 0.2) is 71.2 Å². The highest BCUT2D eigenvalue weighted by Gasteiger charge is 2.30. The van der Waals surface area contributed by atoms with Crippen molar-refractivity contribution in [2.45, 2.75) is 44.3 Å². The molecule has 0 N–H and O–H groups in total. The Kier molecular flexibility index (Phi) is 6.30. The van der Waals surface area contributed by atoms with Gasteiger partial charge in [0.05, 0.1) is 11.6 Å². The second-order valence-electron chi connectivity index (χ2n) is 6.90. The molecule has 1 aliphatic rings. The topological polar surface area (TPSA) is 36.1 Å². The summed E-state index contributed by atoms with van der Waals surface area (Å²) >= 11 is 0. The maximum Gasteiger partial charge on any atom is 0.416 e. The van der Waals surface area contributed by atoms with Gasteiger partial charge in [0.1, 0.15) is 11.8 Å². The first kappa shape index (κ1) is 19.9. The Morgan fingerprint density at radius 1 is 1.04 bits per heavy atom. The van der Waals surface area contributed by atoms with Crippen molar-refractivity contribution in [2.75, 3.05) is 0 Å². The van der Waals surface area contributed by atoms with Crippen molar-refractivity contribution in [3.8, 4) is 6.07 Å². The van der Waals surface area contributed by atoms with Gasteiger partial charge in [-0.2, -0.15) is 18.4 Å². The van der Waals surface area contributed by atoms with Crippen LogP contribution < -0.4 is 0 Å². The number of nitriles is 1. The largest absolute Gasteiger partial charge is 0.416 e. The zero-order valence-corrected chi connectivity index (χ0v) is 15.4. The maximum atomic E-state index is 12.8. The zero-order valence-electron chi connectivity index (χ0n) is 15.4. The van der Waals surface area contributed by atoms with Crippen LogP contribution in [0.1, 0.15) is 54.8 Å². The van der Waals surface area contributed by atoms with Gasteiger partial charge in [-0.1, -0.05) is 54.1 Å². The lowest BCUT2D eigenvalue weighted by Gasteiger charge is -2.19. The molecule has 0 aliphatic heterocycles. The van der Waals surface area contributed by atoms with Gasteiger partial charge in [0, 0.05) is 5.56 Å². The van der Waals surface area contributed by atoms with E-state index < -0.39 is 11.7 Å². The summed E-state index contributed by atoms with van der Waals surface area (Å²) in [5.74, 6) is 0. The number of hydrogen-bond acceptors (Lipinski definition) is 2. The normalized spacial score (nSPS) is 16.2. The van der Waals surface area contributed by atoms with Crippen molar-refractivity contribution >= 4 is 5.71 Å². The van der Waals surface area contributed by atoms with Gasteiger partial charge >= 0.3 is 6.18 Å². The van der Waals surface area contributed by atoms with Crippen molar-refractivity contribution in [3.05, 3.63) is 82.9 Å². The van der Waals surface area contributed by atoms with Gasteiger partial charge in [0.15, 0.2) is 0 Å². The molecule has 0 spiro atoms. The van der Waals surface area contributed by atoms with Crippen molar-refractivity contribution in [3.63, 3.8) is 0 Å². The van der Waals surface area contributed by atoms with Crippen molar-refractivity contribution in [2.24, 2.45) is 4.99 Å². The van der Waals surface area contributed by atoms with Gasteiger partial charge in [0.2, 0.25) is 0 Å². The predicted octanol–water partition coefficient (Wildman–Crippen LogP) is 6.65. The van der Waals surface area contributed by atoms with E-state index in [9.17, 15) is 18.4 Å². The third-order valence-corrected chi connectivity index (χ3v) is 4.90. The van der Waals surface area contributed by atoms with Crippen LogP contribution >= 0.6 is 0 Å².